The Morgan fingerprint density at radius 2 is 1.67 bits per heavy atom. The molecule has 1 atom stereocenters. The van der Waals surface area contributed by atoms with Crippen LogP contribution in [-0.2, 0) is 6.42 Å². The predicted octanol–water partition coefficient (Wildman–Crippen LogP) is 6.17. The van der Waals surface area contributed by atoms with Crippen LogP contribution in [0.3, 0.4) is 0 Å². The summed E-state index contributed by atoms with van der Waals surface area (Å²) in [6, 6.07) is 18.7. The van der Waals surface area contributed by atoms with Gasteiger partial charge in [0.2, 0.25) is 0 Å². The number of ketones is 1. The summed E-state index contributed by atoms with van der Waals surface area (Å²) >= 11 is 0. The zero-order valence-electron chi connectivity index (χ0n) is 16.2. The molecule has 3 aromatic rings. The third kappa shape index (κ3) is 4.03. The first kappa shape index (κ1) is 20.0. The van der Waals surface area contributed by atoms with Crippen molar-refractivity contribution < 1.29 is 27.4 Å². The van der Waals surface area contributed by atoms with E-state index in [-0.39, 0.29) is 17.5 Å². The van der Waals surface area contributed by atoms with Crippen LogP contribution in [0.2, 0.25) is 0 Å². The van der Waals surface area contributed by atoms with Gasteiger partial charge in [-0.1, -0.05) is 42.5 Å². The maximum absolute atomic E-state index is 13.4. The first-order valence-electron chi connectivity index (χ1n) is 9.52. The number of hydrogen-bond acceptors (Lipinski definition) is 3. The molecular formula is C24H19F3O3. The molecule has 0 N–H and O–H groups in total. The first-order chi connectivity index (χ1) is 14.4. The summed E-state index contributed by atoms with van der Waals surface area (Å²) in [7, 11) is 1.51. The van der Waals surface area contributed by atoms with Crippen LogP contribution in [0.25, 0.3) is 11.1 Å². The average molecular weight is 412 g/mol. The minimum absolute atomic E-state index is 0.0179. The van der Waals surface area contributed by atoms with Crippen molar-refractivity contribution in [3.05, 3.63) is 83.4 Å². The molecular weight excluding hydrogens is 393 g/mol. The largest absolute Gasteiger partial charge is 0.573 e. The number of methoxy groups -OCH3 is 1. The maximum atomic E-state index is 13.4. The number of carbonyl (C=O) groups is 1. The average Bonchev–Trinajstić information content (AvgIpc) is 3.16. The number of Topliss-reactive ketones (excluding diaryl/α,β-unsaturated/α-hetero) is 1. The van der Waals surface area contributed by atoms with Gasteiger partial charge in [0, 0.05) is 5.92 Å². The van der Waals surface area contributed by atoms with Crippen molar-refractivity contribution >= 4 is 5.78 Å². The smallest absolute Gasteiger partial charge is 0.496 e. The molecule has 0 fully saturated rings. The Morgan fingerprint density at radius 1 is 0.967 bits per heavy atom. The van der Waals surface area contributed by atoms with Gasteiger partial charge in [0.25, 0.3) is 0 Å². The number of aryl methyl sites for hydroxylation is 1. The van der Waals surface area contributed by atoms with Gasteiger partial charge in [-0.05, 0) is 59.4 Å². The number of fused-ring (bicyclic) bond motifs is 1. The highest BCUT2D eigenvalue weighted by Crippen LogP contribution is 2.38. The van der Waals surface area contributed by atoms with E-state index in [0.29, 0.717) is 22.4 Å². The molecule has 154 valence electrons. The molecule has 1 aliphatic rings. The van der Waals surface area contributed by atoms with E-state index in [1.165, 1.54) is 36.9 Å². The fraction of sp³-hybridized carbons (Fsp3) is 0.208. The highest BCUT2D eigenvalue weighted by molar-refractivity contribution is 6.04. The number of rotatable bonds is 5. The minimum atomic E-state index is -4.74. The molecule has 4 rings (SSSR count). The van der Waals surface area contributed by atoms with Crippen molar-refractivity contribution in [2.45, 2.75) is 25.1 Å². The van der Waals surface area contributed by atoms with Crippen molar-refractivity contribution in [3.63, 3.8) is 0 Å². The van der Waals surface area contributed by atoms with Crippen molar-refractivity contribution in [1.82, 2.24) is 0 Å². The first-order valence-corrected chi connectivity index (χ1v) is 9.52. The molecule has 30 heavy (non-hydrogen) atoms. The van der Waals surface area contributed by atoms with Crippen LogP contribution in [0, 0.1) is 0 Å². The highest BCUT2D eigenvalue weighted by Gasteiger charge is 2.32. The van der Waals surface area contributed by atoms with Crippen molar-refractivity contribution in [1.29, 1.82) is 0 Å². The van der Waals surface area contributed by atoms with Gasteiger partial charge in [0.1, 0.15) is 11.5 Å². The number of halogens is 3. The summed E-state index contributed by atoms with van der Waals surface area (Å²) in [5.74, 6) is -0.0626. The molecule has 0 heterocycles. The monoisotopic (exact) mass is 412 g/mol. The van der Waals surface area contributed by atoms with Crippen LogP contribution in [0.1, 0.15) is 33.8 Å². The Balaban J connectivity index is 1.65. The summed E-state index contributed by atoms with van der Waals surface area (Å²) in [5, 5.41) is 0. The minimum Gasteiger partial charge on any atom is -0.496 e. The standard InChI is InChI=1S/C24H19F3O3/c1-29-22-13-9-17(15-6-10-18(11-7-15)30-24(25,26)27)14-21(22)23(28)20-12-8-16-4-2-3-5-19(16)20/h2-7,9-11,13-14,20H,8,12H2,1H3. The zero-order chi connectivity index (χ0) is 21.3. The summed E-state index contributed by atoms with van der Waals surface area (Å²) in [6.07, 6.45) is -3.14. The van der Waals surface area contributed by atoms with Gasteiger partial charge >= 0.3 is 6.36 Å². The van der Waals surface area contributed by atoms with E-state index in [1.807, 2.05) is 24.3 Å². The summed E-state index contributed by atoms with van der Waals surface area (Å²) in [5.41, 5.74) is 4.08. The Kier molecular flexibility index (Phi) is 5.24. The molecule has 6 heteroatoms. The van der Waals surface area contributed by atoms with Gasteiger partial charge in [0.15, 0.2) is 5.78 Å². The fourth-order valence-electron chi connectivity index (χ4n) is 3.95. The second kappa shape index (κ2) is 7.86. The maximum Gasteiger partial charge on any atom is 0.573 e. The van der Waals surface area contributed by atoms with E-state index in [1.54, 1.807) is 18.2 Å². The number of benzene rings is 3. The normalized spacial score (nSPS) is 15.5. The third-order valence-corrected chi connectivity index (χ3v) is 5.34. The lowest BCUT2D eigenvalue weighted by Crippen LogP contribution is -2.16. The van der Waals surface area contributed by atoms with Gasteiger partial charge in [-0.2, -0.15) is 0 Å². The molecule has 0 saturated carbocycles. The topological polar surface area (TPSA) is 35.5 Å². The van der Waals surface area contributed by atoms with E-state index in [4.69, 9.17) is 4.74 Å². The fourth-order valence-corrected chi connectivity index (χ4v) is 3.95. The highest BCUT2D eigenvalue weighted by atomic mass is 19.4. The zero-order valence-corrected chi connectivity index (χ0v) is 16.2. The molecule has 3 nitrogen and oxygen atoms in total. The van der Waals surface area contributed by atoms with Gasteiger partial charge in [0.05, 0.1) is 12.7 Å². The second-order valence-electron chi connectivity index (χ2n) is 7.14. The molecule has 0 spiro atoms. The van der Waals surface area contributed by atoms with Crippen LogP contribution in [-0.4, -0.2) is 19.3 Å². The molecule has 1 aliphatic carbocycles. The van der Waals surface area contributed by atoms with E-state index in [0.717, 1.165) is 18.4 Å². The van der Waals surface area contributed by atoms with Gasteiger partial charge < -0.3 is 9.47 Å². The number of carbonyl (C=O) groups excluding carboxylic acids is 1. The van der Waals surface area contributed by atoms with E-state index >= 15 is 0 Å². The van der Waals surface area contributed by atoms with E-state index in [2.05, 4.69) is 4.74 Å². The molecule has 0 aliphatic heterocycles. The van der Waals surface area contributed by atoms with Gasteiger partial charge in [-0.3, -0.25) is 4.79 Å². The molecule has 0 radical (unpaired) electrons. The summed E-state index contributed by atoms with van der Waals surface area (Å²) in [4.78, 5) is 13.4. The molecule has 3 aromatic carbocycles. The lowest BCUT2D eigenvalue weighted by molar-refractivity contribution is -0.274. The predicted molar refractivity (Wildman–Crippen MR) is 107 cm³/mol. The Bertz CT molecular complexity index is 1070. The SMILES string of the molecule is COc1ccc(-c2ccc(OC(F)(F)F)cc2)cc1C(=O)C1CCc2ccccc21. The van der Waals surface area contributed by atoms with Gasteiger partial charge in [-0.15, -0.1) is 13.2 Å². The number of alkyl halides is 3. The quantitative estimate of drug-likeness (QED) is 0.470. The van der Waals surface area contributed by atoms with Crippen molar-refractivity contribution in [3.8, 4) is 22.6 Å². The van der Waals surface area contributed by atoms with E-state index < -0.39 is 6.36 Å². The number of hydrogen-bond donors (Lipinski definition) is 0. The summed E-state index contributed by atoms with van der Waals surface area (Å²) in [6.45, 7) is 0. The van der Waals surface area contributed by atoms with E-state index in [9.17, 15) is 18.0 Å². The van der Waals surface area contributed by atoms with Crippen LogP contribution >= 0.6 is 0 Å². The second-order valence-corrected chi connectivity index (χ2v) is 7.14. The molecule has 0 amide bonds. The van der Waals surface area contributed by atoms with Crippen LogP contribution in [0.15, 0.2) is 66.7 Å². The van der Waals surface area contributed by atoms with Crippen LogP contribution in [0.4, 0.5) is 13.2 Å². The van der Waals surface area contributed by atoms with Crippen molar-refractivity contribution in [2.24, 2.45) is 0 Å². The molecule has 1 unspecified atom stereocenters. The lowest BCUT2D eigenvalue weighted by Gasteiger charge is -2.15. The Morgan fingerprint density at radius 3 is 2.37 bits per heavy atom. The number of ether oxygens (including phenoxy) is 2. The molecule has 0 saturated heterocycles. The third-order valence-electron chi connectivity index (χ3n) is 5.34. The van der Waals surface area contributed by atoms with Crippen molar-refractivity contribution in [2.75, 3.05) is 7.11 Å². The molecule has 0 bridgehead atoms. The van der Waals surface area contributed by atoms with Gasteiger partial charge in [-0.25, -0.2) is 0 Å². The van der Waals surface area contributed by atoms with Crippen LogP contribution in [0.5, 0.6) is 11.5 Å². The molecule has 0 aromatic heterocycles. The Labute approximate surface area is 172 Å². The van der Waals surface area contributed by atoms with Crippen LogP contribution < -0.4 is 9.47 Å². The Hall–Kier alpha value is -3.28. The lowest BCUT2D eigenvalue weighted by atomic mass is 9.90. The summed E-state index contributed by atoms with van der Waals surface area (Å²) < 4.78 is 46.4.